The first-order valence-electron chi connectivity index (χ1n) is 5.16. The fraction of sp³-hybridized carbons (Fsp3) is 0.818. The maximum absolute atomic E-state index is 2.56. The molecular weight excluding hydrogens is 157 g/mol. The van der Waals surface area contributed by atoms with Crippen molar-refractivity contribution in [3.8, 4) is 0 Å². The molecule has 0 aromatic heterocycles. The van der Waals surface area contributed by atoms with Gasteiger partial charge in [0.25, 0.3) is 6.85 Å². The van der Waals surface area contributed by atoms with Gasteiger partial charge in [-0.05, 0) is 26.1 Å². The molecule has 0 atom stereocenters. The van der Waals surface area contributed by atoms with E-state index in [1.54, 1.807) is 0 Å². The van der Waals surface area contributed by atoms with Crippen LogP contribution in [0.15, 0.2) is 12.1 Å². The van der Waals surface area contributed by atoms with Crippen LogP contribution in [0, 0.1) is 0 Å². The van der Waals surface area contributed by atoms with Gasteiger partial charge in [0, 0.05) is 12.1 Å². The molecule has 1 aliphatic rings. The van der Waals surface area contributed by atoms with Gasteiger partial charge in [0.05, 0.1) is 0 Å². The fourth-order valence-corrected chi connectivity index (χ4v) is 1.97. The molecule has 0 unspecified atom stereocenters. The van der Waals surface area contributed by atoms with Gasteiger partial charge >= 0.3 is 0 Å². The molecule has 0 amide bonds. The van der Waals surface area contributed by atoms with Crippen molar-refractivity contribution in [1.29, 1.82) is 0 Å². The summed E-state index contributed by atoms with van der Waals surface area (Å²) in [5.74, 6) is 2.35. The summed E-state index contributed by atoms with van der Waals surface area (Å²) in [6, 6.07) is 0. The first-order chi connectivity index (χ1) is 5.73. The molecule has 1 rings (SSSR count). The van der Waals surface area contributed by atoms with Crippen LogP contribution in [-0.2, 0) is 0 Å². The zero-order chi connectivity index (χ0) is 10.3. The predicted molar refractivity (Wildman–Crippen MR) is 61.1 cm³/mol. The minimum atomic E-state index is 0.279. The lowest BCUT2D eigenvalue weighted by molar-refractivity contribution is 0.268. The molecule has 0 aromatic rings. The van der Waals surface area contributed by atoms with E-state index in [1.807, 2.05) is 0 Å². The standard InChI is InChI=1S/C11H22BN/c1-10(2,3)12-8-7-9-13(12)11(4,5)6/h7-8H,9H2,1-6H3. The Morgan fingerprint density at radius 2 is 1.62 bits per heavy atom. The Balaban J connectivity index is 2.81. The van der Waals surface area contributed by atoms with Crippen molar-refractivity contribution < 1.29 is 0 Å². The molecule has 13 heavy (non-hydrogen) atoms. The number of nitrogens with zero attached hydrogens (tertiary/aromatic N) is 1. The molecule has 0 saturated carbocycles. The second-order valence-corrected chi connectivity index (χ2v) is 6.06. The third-order valence-corrected chi connectivity index (χ3v) is 2.71. The molecule has 2 heteroatoms. The molecule has 0 aliphatic carbocycles. The molecule has 0 spiro atoms. The minimum Gasteiger partial charge on any atom is -0.330 e. The van der Waals surface area contributed by atoms with Crippen LogP contribution in [0.5, 0.6) is 0 Å². The lowest BCUT2D eigenvalue weighted by Gasteiger charge is -2.41. The molecule has 0 aromatic carbocycles. The molecule has 1 heterocycles. The summed E-state index contributed by atoms with van der Waals surface area (Å²) in [4.78, 5) is 2.56. The molecular formula is C11H22BN. The Labute approximate surface area is 83.3 Å². The smallest absolute Gasteiger partial charge is 0.256 e. The number of hydrogen-bond donors (Lipinski definition) is 0. The Morgan fingerprint density at radius 3 is 1.92 bits per heavy atom. The molecule has 1 aliphatic heterocycles. The highest BCUT2D eigenvalue weighted by molar-refractivity contribution is 6.65. The summed E-state index contributed by atoms with van der Waals surface area (Å²) in [6.45, 7) is 15.5. The van der Waals surface area contributed by atoms with Gasteiger partial charge < -0.3 is 4.81 Å². The Kier molecular flexibility index (Phi) is 2.64. The van der Waals surface area contributed by atoms with Crippen molar-refractivity contribution in [3.05, 3.63) is 12.1 Å². The van der Waals surface area contributed by atoms with E-state index in [-0.39, 0.29) is 5.54 Å². The highest BCUT2D eigenvalue weighted by Gasteiger charge is 2.39. The van der Waals surface area contributed by atoms with Gasteiger partial charge in [-0.25, -0.2) is 0 Å². The van der Waals surface area contributed by atoms with Crippen molar-refractivity contribution >= 4 is 6.85 Å². The van der Waals surface area contributed by atoms with Crippen molar-refractivity contribution in [2.45, 2.75) is 52.4 Å². The van der Waals surface area contributed by atoms with E-state index in [0.717, 1.165) is 6.54 Å². The third kappa shape index (κ3) is 2.37. The third-order valence-electron chi connectivity index (χ3n) is 2.71. The Morgan fingerprint density at radius 1 is 1.08 bits per heavy atom. The minimum absolute atomic E-state index is 0.279. The second-order valence-electron chi connectivity index (χ2n) is 6.06. The average Bonchev–Trinajstić information content (AvgIpc) is 2.27. The van der Waals surface area contributed by atoms with Crippen LogP contribution >= 0.6 is 0 Å². The van der Waals surface area contributed by atoms with E-state index in [1.165, 1.54) is 0 Å². The monoisotopic (exact) mass is 179 g/mol. The SMILES string of the molecule is CC(C)(C)B1C=CCN1C(C)(C)C. The van der Waals surface area contributed by atoms with Crippen LogP contribution in [0.1, 0.15) is 41.5 Å². The first-order valence-corrected chi connectivity index (χ1v) is 5.16. The zero-order valence-corrected chi connectivity index (χ0v) is 9.89. The van der Waals surface area contributed by atoms with Crippen molar-refractivity contribution in [3.63, 3.8) is 0 Å². The van der Waals surface area contributed by atoms with Crippen LogP contribution in [0.2, 0.25) is 5.31 Å². The largest absolute Gasteiger partial charge is 0.330 e. The quantitative estimate of drug-likeness (QED) is 0.516. The summed E-state index contributed by atoms with van der Waals surface area (Å²) in [7, 11) is 0. The van der Waals surface area contributed by atoms with Crippen LogP contribution in [0.3, 0.4) is 0 Å². The maximum atomic E-state index is 2.56. The van der Waals surface area contributed by atoms with E-state index >= 15 is 0 Å². The van der Waals surface area contributed by atoms with Crippen molar-refractivity contribution in [1.82, 2.24) is 4.81 Å². The number of rotatable bonds is 0. The topological polar surface area (TPSA) is 3.24 Å². The molecule has 0 bridgehead atoms. The number of hydrogen-bond acceptors (Lipinski definition) is 1. The molecule has 0 N–H and O–H groups in total. The highest BCUT2D eigenvalue weighted by Crippen LogP contribution is 2.35. The fourth-order valence-electron chi connectivity index (χ4n) is 1.97. The lowest BCUT2D eigenvalue weighted by Crippen LogP contribution is -2.51. The molecule has 1 nitrogen and oxygen atoms in total. The summed E-state index contributed by atoms with van der Waals surface area (Å²) in [6.07, 6.45) is 2.29. The Hall–Kier alpha value is -0.235. The van der Waals surface area contributed by atoms with E-state index in [2.05, 4.69) is 58.4 Å². The van der Waals surface area contributed by atoms with E-state index in [9.17, 15) is 0 Å². The second kappa shape index (κ2) is 3.16. The van der Waals surface area contributed by atoms with Crippen LogP contribution < -0.4 is 0 Å². The van der Waals surface area contributed by atoms with E-state index in [0.29, 0.717) is 12.2 Å². The zero-order valence-electron chi connectivity index (χ0n) is 9.89. The average molecular weight is 179 g/mol. The molecule has 0 radical (unpaired) electrons. The van der Waals surface area contributed by atoms with Gasteiger partial charge in [0.15, 0.2) is 0 Å². The van der Waals surface area contributed by atoms with E-state index in [4.69, 9.17) is 0 Å². The normalized spacial score (nSPS) is 20.0. The molecule has 0 saturated heterocycles. The molecule has 0 fully saturated rings. The van der Waals surface area contributed by atoms with Gasteiger partial charge in [-0.15, -0.1) is 5.98 Å². The summed E-state index contributed by atoms with van der Waals surface area (Å²) >= 11 is 0. The van der Waals surface area contributed by atoms with Crippen LogP contribution in [0.25, 0.3) is 0 Å². The summed E-state index contributed by atoms with van der Waals surface area (Å²) < 4.78 is 0. The van der Waals surface area contributed by atoms with Crippen LogP contribution in [0.4, 0.5) is 0 Å². The summed E-state index contributed by atoms with van der Waals surface area (Å²) in [5.41, 5.74) is 0.279. The first kappa shape index (κ1) is 10.8. The Bertz CT molecular complexity index is 207. The van der Waals surface area contributed by atoms with E-state index < -0.39 is 0 Å². The van der Waals surface area contributed by atoms with Gasteiger partial charge in [-0.2, -0.15) is 0 Å². The predicted octanol–water partition coefficient (Wildman–Crippen LogP) is 2.99. The van der Waals surface area contributed by atoms with Crippen molar-refractivity contribution in [2.24, 2.45) is 0 Å². The lowest BCUT2D eigenvalue weighted by atomic mass is 9.43. The highest BCUT2D eigenvalue weighted by atomic mass is 15.1. The molecule has 74 valence electrons. The van der Waals surface area contributed by atoms with Gasteiger partial charge in [-0.3, -0.25) is 0 Å². The van der Waals surface area contributed by atoms with Gasteiger partial charge in [-0.1, -0.05) is 26.8 Å². The van der Waals surface area contributed by atoms with Gasteiger partial charge in [0.2, 0.25) is 0 Å². The van der Waals surface area contributed by atoms with Crippen molar-refractivity contribution in [2.75, 3.05) is 6.54 Å². The van der Waals surface area contributed by atoms with Gasteiger partial charge in [0.1, 0.15) is 0 Å². The summed E-state index contributed by atoms with van der Waals surface area (Å²) in [5, 5.41) is 0.347. The maximum Gasteiger partial charge on any atom is 0.256 e. The van der Waals surface area contributed by atoms with Crippen LogP contribution in [-0.4, -0.2) is 23.7 Å².